The predicted molar refractivity (Wildman–Crippen MR) is 44.2 cm³/mol. The summed E-state index contributed by atoms with van der Waals surface area (Å²) in [7, 11) is 0. The van der Waals surface area contributed by atoms with Gasteiger partial charge >= 0.3 is 0 Å². The van der Waals surface area contributed by atoms with E-state index in [4.69, 9.17) is 0 Å². The molecule has 1 aromatic heterocycles. The third kappa shape index (κ3) is 1.70. The molecule has 0 saturated carbocycles. The molecule has 0 atom stereocenters. The second-order valence-corrected chi connectivity index (χ2v) is 3.11. The van der Waals surface area contributed by atoms with Gasteiger partial charge in [0.05, 0.1) is 0 Å². The lowest BCUT2D eigenvalue weighted by Gasteiger charge is -2.06. The normalized spacial score (nSPS) is 10.5. The van der Waals surface area contributed by atoms with Gasteiger partial charge in [-0.05, 0) is 13.0 Å². The molecule has 1 rings (SSSR count). The molecule has 0 amide bonds. The van der Waals surface area contributed by atoms with Gasteiger partial charge in [0.2, 0.25) is 0 Å². The number of hydrogen-bond donors (Lipinski definition) is 0. The van der Waals surface area contributed by atoms with E-state index < -0.39 is 0 Å². The highest BCUT2D eigenvalue weighted by molar-refractivity contribution is 5.09. The Morgan fingerprint density at radius 2 is 2.00 bits per heavy atom. The van der Waals surface area contributed by atoms with Crippen molar-refractivity contribution in [1.82, 2.24) is 0 Å². The monoisotopic (exact) mass is 151 g/mol. The van der Waals surface area contributed by atoms with Gasteiger partial charge in [0.1, 0.15) is 0 Å². The molecular formula is C9H13NO. The van der Waals surface area contributed by atoms with E-state index in [0.717, 1.165) is 16.0 Å². The van der Waals surface area contributed by atoms with E-state index in [-0.39, 0.29) is 0 Å². The quantitative estimate of drug-likeness (QED) is 0.443. The smallest absolute Gasteiger partial charge is 0.195 e. The molecule has 0 aromatic carbocycles. The fraction of sp³-hybridized carbons (Fsp3) is 0.444. The molecule has 0 aliphatic rings. The lowest BCUT2D eigenvalue weighted by atomic mass is 10.1. The van der Waals surface area contributed by atoms with Crippen LogP contribution in [-0.4, -0.2) is 0 Å². The number of aromatic nitrogens is 1. The SMILES string of the molecule is Cc1ccc(C(C)C)[n+]([O-])c1. The minimum absolute atomic E-state index is 0.299. The van der Waals surface area contributed by atoms with Gasteiger partial charge in [0, 0.05) is 17.5 Å². The lowest BCUT2D eigenvalue weighted by Crippen LogP contribution is -2.32. The largest absolute Gasteiger partial charge is 0.618 e. The summed E-state index contributed by atoms with van der Waals surface area (Å²) >= 11 is 0. The minimum Gasteiger partial charge on any atom is -0.618 e. The van der Waals surface area contributed by atoms with Crippen LogP contribution in [0.2, 0.25) is 0 Å². The first kappa shape index (κ1) is 8.05. The Hall–Kier alpha value is -1.05. The summed E-state index contributed by atoms with van der Waals surface area (Å²) in [6.07, 6.45) is 1.61. The molecule has 0 radical (unpaired) electrons. The van der Waals surface area contributed by atoms with Gasteiger partial charge in [-0.15, -0.1) is 0 Å². The molecule has 0 aliphatic carbocycles. The zero-order valence-corrected chi connectivity index (χ0v) is 7.16. The molecule has 1 aromatic rings. The van der Waals surface area contributed by atoms with E-state index in [0.29, 0.717) is 5.92 Å². The van der Waals surface area contributed by atoms with Gasteiger partial charge in [-0.2, -0.15) is 4.73 Å². The van der Waals surface area contributed by atoms with E-state index in [1.807, 2.05) is 32.9 Å². The van der Waals surface area contributed by atoms with E-state index in [9.17, 15) is 5.21 Å². The minimum atomic E-state index is 0.299. The Labute approximate surface area is 67.1 Å². The molecule has 0 unspecified atom stereocenters. The van der Waals surface area contributed by atoms with Crippen LogP contribution in [0.4, 0.5) is 0 Å². The number of rotatable bonds is 1. The van der Waals surface area contributed by atoms with Crippen molar-refractivity contribution in [3.05, 3.63) is 34.8 Å². The summed E-state index contributed by atoms with van der Waals surface area (Å²) in [4.78, 5) is 0. The molecule has 60 valence electrons. The molecule has 0 fully saturated rings. The summed E-state index contributed by atoms with van der Waals surface area (Å²) in [5.41, 5.74) is 1.83. The molecule has 0 saturated heterocycles. The van der Waals surface area contributed by atoms with Crippen molar-refractivity contribution < 1.29 is 4.73 Å². The maximum atomic E-state index is 11.2. The summed E-state index contributed by atoms with van der Waals surface area (Å²) in [6.45, 7) is 5.94. The molecular weight excluding hydrogens is 138 g/mol. The maximum absolute atomic E-state index is 11.2. The Morgan fingerprint density at radius 3 is 2.45 bits per heavy atom. The Balaban J connectivity index is 3.09. The Kier molecular flexibility index (Phi) is 2.13. The molecule has 1 heterocycles. The van der Waals surface area contributed by atoms with E-state index in [1.165, 1.54) is 0 Å². The molecule has 0 N–H and O–H groups in total. The average Bonchev–Trinajstić information content (AvgIpc) is 1.85. The van der Waals surface area contributed by atoms with Crippen molar-refractivity contribution >= 4 is 0 Å². The van der Waals surface area contributed by atoms with Crippen LogP contribution in [0.15, 0.2) is 18.3 Å². The van der Waals surface area contributed by atoms with Gasteiger partial charge < -0.3 is 5.21 Å². The third-order valence-electron chi connectivity index (χ3n) is 1.68. The van der Waals surface area contributed by atoms with Gasteiger partial charge in [-0.1, -0.05) is 13.8 Å². The van der Waals surface area contributed by atoms with Crippen molar-refractivity contribution in [2.45, 2.75) is 26.7 Å². The number of pyridine rings is 1. The fourth-order valence-electron chi connectivity index (χ4n) is 1.04. The molecule has 2 nitrogen and oxygen atoms in total. The van der Waals surface area contributed by atoms with Crippen LogP contribution in [-0.2, 0) is 0 Å². The maximum Gasteiger partial charge on any atom is 0.195 e. The van der Waals surface area contributed by atoms with Gasteiger partial charge in [-0.25, -0.2) is 0 Å². The summed E-state index contributed by atoms with van der Waals surface area (Å²) in [6, 6.07) is 3.84. The number of aryl methyl sites for hydroxylation is 1. The Bertz CT molecular complexity index is 256. The van der Waals surface area contributed by atoms with Crippen molar-refractivity contribution in [2.75, 3.05) is 0 Å². The highest BCUT2D eigenvalue weighted by Crippen LogP contribution is 2.08. The molecule has 0 bridgehead atoms. The topological polar surface area (TPSA) is 26.9 Å². The first-order valence-electron chi connectivity index (χ1n) is 3.81. The standard InChI is InChI=1S/C9H13NO/c1-7(2)9-5-4-8(3)6-10(9)11/h4-7H,1-3H3. The first-order valence-corrected chi connectivity index (χ1v) is 3.81. The van der Waals surface area contributed by atoms with Crippen molar-refractivity contribution in [3.8, 4) is 0 Å². The molecule has 0 aliphatic heterocycles. The summed E-state index contributed by atoms with van der Waals surface area (Å²) in [5, 5.41) is 11.2. The van der Waals surface area contributed by atoms with Gasteiger partial charge in [0.25, 0.3) is 0 Å². The third-order valence-corrected chi connectivity index (χ3v) is 1.68. The summed E-state index contributed by atoms with van der Waals surface area (Å²) in [5.74, 6) is 0.299. The van der Waals surface area contributed by atoms with E-state index in [1.54, 1.807) is 6.20 Å². The van der Waals surface area contributed by atoms with Crippen LogP contribution in [0.5, 0.6) is 0 Å². The van der Waals surface area contributed by atoms with E-state index in [2.05, 4.69) is 0 Å². The predicted octanol–water partition coefficient (Wildman–Crippen LogP) is 1.75. The van der Waals surface area contributed by atoms with Crippen molar-refractivity contribution in [3.63, 3.8) is 0 Å². The van der Waals surface area contributed by atoms with Gasteiger partial charge in [0.15, 0.2) is 11.9 Å². The van der Waals surface area contributed by atoms with Crippen molar-refractivity contribution in [1.29, 1.82) is 0 Å². The highest BCUT2D eigenvalue weighted by Gasteiger charge is 2.08. The zero-order chi connectivity index (χ0) is 8.43. The van der Waals surface area contributed by atoms with Crippen LogP contribution in [0.25, 0.3) is 0 Å². The molecule has 11 heavy (non-hydrogen) atoms. The van der Waals surface area contributed by atoms with Crippen LogP contribution in [0.1, 0.15) is 31.0 Å². The van der Waals surface area contributed by atoms with Crippen molar-refractivity contribution in [2.24, 2.45) is 0 Å². The average molecular weight is 151 g/mol. The molecule has 2 heteroatoms. The second-order valence-electron chi connectivity index (χ2n) is 3.11. The number of nitrogens with zero attached hydrogens (tertiary/aromatic N) is 1. The summed E-state index contributed by atoms with van der Waals surface area (Å²) < 4.78 is 0.944. The fourth-order valence-corrected chi connectivity index (χ4v) is 1.04. The lowest BCUT2D eigenvalue weighted by molar-refractivity contribution is -0.615. The Morgan fingerprint density at radius 1 is 1.36 bits per heavy atom. The van der Waals surface area contributed by atoms with Crippen LogP contribution in [0, 0.1) is 12.1 Å². The van der Waals surface area contributed by atoms with E-state index >= 15 is 0 Å². The van der Waals surface area contributed by atoms with Crippen LogP contribution < -0.4 is 4.73 Å². The molecule has 0 spiro atoms. The highest BCUT2D eigenvalue weighted by atomic mass is 16.5. The van der Waals surface area contributed by atoms with Crippen LogP contribution >= 0.6 is 0 Å². The van der Waals surface area contributed by atoms with Crippen LogP contribution in [0.3, 0.4) is 0 Å². The zero-order valence-electron chi connectivity index (χ0n) is 7.16. The number of hydrogen-bond acceptors (Lipinski definition) is 1. The first-order chi connectivity index (χ1) is 5.11. The second kappa shape index (κ2) is 2.91. The van der Waals surface area contributed by atoms with Gasteiger partial charge in [-0.3, -0.25) is 0 Å².